The van der Waals surface area contributed by atoms with E-state index in [1.165, 1.54) is 25.8 Å². The molecule has 1 aliphatic rings. The fourth-order valence-electron chi connectivity index (χ4n) is 2.76. The van der Waals surface area contributed by atoms with Crippen molar-refractivity contribution in [2.45, 2.75) is 73.8 Å². The van der Waals surface area contributed by atoms with Crippen LogP contribution in [-0.4, -0.2) is 12.6 Å². The van der Waals surface area contributed by atoms with Crippen LogP contribution in [0.5, 0.6) is 0 Å². The highest BCUT2D eigenvalue weighted by molar-refractivity contribution is 4.81. The molecule has 0 bridgehead atoms. The first-order valence-corrected chi connectivity index (χ1v) is 7.74. The number of hydrogen-bond acceptors (Lipinski definition) is 1. The average molecular weight is 241 g/mol. The van der Waals surface area contributed by atoms with Crippen molar-refractivity contribution in [3.63, 3.8) is 0 Å². The van der Waals surface area contributed by atoms with Crippen molar-refractivity contribution < 1.29 is 0 Å². The highest BCUT2D eigenvalue weighted by atomic mass is 14.9. The van der Waals surface area contributed by atoms with Crippen LogP contribution in [0.15, 0.2) is 0 Å². The summed E-state index contributed by atoms with van der Waals surface area (Å²) in [4.78, 5) is 0. The average Bonchev–Trinajstić information content (AvgIpc) is 2.78. The third-order valence-corrected chi connectivity index (χ3v) is 4.11. The van der Waals surface area contributed by atoms with Crippen molar-refractivity contribution >= 4 is 0 Å². The van der Waals surface area contributed by atoms with Crippen LogP contribution in [0.4, 0.5) is 0 Å². The zero-order chi connectivity index (χ0) is 13.4. The Kier molecular flexibility index (Phi) is 8.94. The Bertz CT molecular complexity index is 174. The fraction of sp³-hybridized carbons (Fsp3) is 1.00. The Morgan fingerprint density at radius 3 is 1.88 bits per heavy atom. The molecule has 1 saturated carbocycles. The molecular formula is C16H35N. The lowest BCUT2D eigenvalue weighted by molar-refractivity contribution is 0.310. The predicted octanol–water partition coefficient (Wildman–Crippen LogP) is 4.72. The second kappa shape index (κ2) is 8.97. The molecule has 0 amide bonds. The molecule has 0 radical (unpaired) electrons. The molecule has 104 valence electrons. The Balaban J connectivity index is 0.00000121. The molecular weight excluding hydrogens is 206 g/mol. The minimum absolute atomic E-state index is 0.634. The van der Waals surface area contributed by atoms with Crippen LogP contribution in [0.2, 0.25) is 0 Å². The zero-order valence-corrected chi connectivity index (χ0v) is 13.2. The van der Waals surface area contributed by atoms with Crippen molar-refractivity contribution in [1.29, 1.82) is 0 Å². The summed E-state index contributed by atoms with van der Waals surface area (Å²) in [5.41, 5.74) is 0. The topological polar surface area (TPSA) is 12.0 Å². The maximum Gasteiger partial charge on any atom is 0.00104 e. The van der Waals surface area contributed by atoms with Crippen LogP contribution in [0.25, 0.3) is 0 Å². The Morgan fingerprint density at radius 2 is 1.47 bits per heavy atom. The van der Waals surface area contributed by atoms with Gasteiger partial charge < -0.3 is 5.32 Å². The van der Waals surface area contributed by atoms with Gasteiger partial charge in [0.1, 0.15) is 0 Å². The van der Waals surface area contributed by atoms with Crippen LogP contribution in [0.3, 0.4) is 0 Å². The van der Waals surface area contributed by atoms with Gasteiger partial charge in [-0.15, -0.1) is 0 Å². The monoisotopic (exact) mass is 241 g/mol. The molecule has 1 N–H and O–H groups in total. The quantitative estimate of drug-likeness (QED) is 0.734. The lowest BCUT2D eigenvalue weighted by Crippen LogP contribution is -2.30. The second-order valence-electron chi connectivity index (χ2n) is 6.12. The Morgan fingerprint density at radius 1 is 0.941 bits per heavy atom. The van der Waals surface area contributed by atoms with E-state index >= 15 is 0 Å². The molecule has 0 aromatic heterocycles. The molecule has 17 heavy (non-hydrogen) atoms. The fourth-order valence-corrected chi connectivity index (χ4v) is 2.76. The molecule has 1 nitrogen and oxygen atoms in total. The smallest absolute Gasteiger partial charge is 0.00104 e. The first-order chi connectivity index (χ1) is 8.00. The van der Waals surface area contributed by atoms with Crippen LogP contribution in [0, 0.1) is 23.7 Å². The van der Waals surface area contributed by atoms with E-state index in [-0.39, 0.29) is 0 Å². The van der Waals surface area contributed by atoms with E-state index in [0.29, 0.717) is 6.04 Å². The van der Waals surface area contributed by atoms with Gasteiger partial charge in [-0.1, -0.05) is 48.5 Å². The van der Waals surface area contributed by atoms with Gasteiger partial charge in [0.15, 0.2) is 0 Å². The van der Waals surface area contributed by atoms with Gasteiger partial charge in [0, 0.05) is 6.04 Å². The minimum Gasteiger partial charge on any atom is -0.314 e. The van der Waals surface area contributed by atoms with Crippen LogP contribution < -0.4 is 5.32 Å². The lowest BCUT2D eigenvalue weighted by atomic mass is 9.88. The SMILES string of the molecule is CC.CC(C)NCC(C)C1CCC(C(C)C)C1. The molecule has 1 fully saturated rings. The summed E-state index contributed by atoms with van der Waals surface area (Å²) in [6.45, 7) is 16.8. The van der Waals surface area contributed by atoms with Gasteiger partial charge >= 0.3 is 0 Å². The van der Waals surface area contributed by atoms with Crippen molar-refractivity contribution in [3.05, 3.63) is 0 Å². The predicted molar refractivity (Wildman–Crippen MR) is 79.3 cm³/mol. The Hall–Kier alpha value is -0.0400. The van der Waals surface area contributed by atoms with Gasteiger partial charge in [-0.2, -0.15) is 0 Å². The molecule has 0 heterocycles. The van der Waals surface area contributed by atoms with Crippen LogP contribution in [-0.2, 0) is 0 Å². The van der Waals surface area contributed by atoms with Gasteiger partial charge in [0.05, 0.1) is 0 Å². The molecule has 3 atom stereocenters. The summed E-state index contributed by atoms with van der Waals surface area (Å²) in [5, 5.41) is 3.57. The summed E-state index contributed by atoms with van der Waals surface area (Å²) >= 11 is 0. The number of hydrogen-bond donors (Lipinski definition) is 1. The van der Waals surface area contributed by atoms with Crippen LogP contribution in [0.1, 0.15) is 67.7 Å². The van der Waals surface area contributed by atoms with E-state index in [2.05, 4.69) is 39.9 Å². The van der Waals surface area contributed by atoms with Gasteiger partial charge in [0.25, 0.3) is 0 Å². The van der Waals surface area contributed by atoms with Crippen molar-refractivity contribution in [3.8, 4) is 0 Å². The van der Waals surface area contributed by atoms with E-state index < -0.39 is 0 Å². The molecule has 0 spiro atoms. The van der Waals surface area contributed by atoms with E-state index in [1.54, 1.807) is 0 Å². The maximum absolute atomic E-state index is 3.57. The molecule has 1 rings (SSSR count). The van der Waals surface area contributed by atoms with E-state index in [9.17, 15) is 0 Å². The molecule has 0 aliphatic heterocycles. The summed E-state index contributed by atoms with van der Waals surface area (Å²) in [6.07, 6.45) is 4.40. The molecule has 0 aromatic carbocycles. The molecule has 1 aliphatic carbocycles. The molecule has 0 saturated heterocycles. The van der Waals surface area contributed by atoms with Gasteiger partial charge in [-0.25, -0.2) is 0 Å². The lowest BCUT2D eigenvalue weighted by Gasteiger charge is -2.22. The second-order valence-corrected chi connectivity index (χ2v) is 6.12. The third-order valence-electron chi connectivity index (χ3n) is 4.11. The van der Waals surface area contributed by atoms with Crippen molar-refractivity contribution in [1.82, 2.24) is 5.32 Å². The zero-order valence-electron chi connectivity index (χ0n) is 13.2. The molecule has 3 unspecified atom stereocenters. The van der Waals surface area contributed by atoms with Gasteiger partial charge in [-0.05, 0) is 49.5 Å². The molecule has 1 heteroatoms. The van der Waals surface area contributed by atoms with E-state index in [1.807, 2.05) is 13.8 Å². The van der Waals surface area contributed by atoms with Crippen molar-refractivity contribution in [2.75, 3.05) is 6.54 Å². The van der Waals surface area contributed by atoms with Gasteiger partial charge in [-0.3, -0.25) is 0 Å². The van der Waals surface area contributed by atoms with E-state index in [4.69, 9.17) is 0 Å². The summed E-state index contributed by atoms with van der Waals surface area (Å²) in [6, 6.07) is 0.634. The first kappa shape index (κ1) is 17.0. The number of rotatable bonds is 5. The maximum atomic E-state index is 3.57. The largest absolute Gasteiger partial charge is 0.314 e. The molecule has 0 aromatic rings. The third kappa shape index (κ3) is 6.45. The number of nitrogens with one attached hydrogen (secondary N) is 1. The normalized spacial score (nSPS) is 25.9. The standard InChI is InChI=1S/C14H29N.C2H6/c1-10(2)13-6-7-14(8-13)12(5)9-15-11(3)4;1-2/h10-15H,6-9H2,1-5H3;1-2H3. The summed E-state index contributed by atoms with van der Waals surface area (Å²) in [7, 11) is 0. The minimum atomic E-state index is 0.634. The van der Waals surface area contributed by atoms with Crippen LogP contribution >= 0.6 is 0 Å². The highest BCUT2D eigenvalue weighted by Gasteiger charge is 2.29. The highest BCUT2D eigenvalue weighted by Crippen LogP contribution is 2.39. The summed E-state index contributed by atoms with van der Waals surface area (Å²) < 4.78 is 0. The Labute approximate surface area is 110 Å². The summed E-state index contributed by atoms with van der Waals surface area (Å²) in [5.74, 6) is 3.72. The van der Waals surface area contributed by atoms with Crippen molar-refractivity contribution in [2.24, 2.45) is 23.7 Å². The van der Waals surface area contributed by atoms with Gasteiger partial charge in [0.2, 0.25) is 0 Å². The van der Waals surface area contributed by atoms with E-state index in [0.717, 1.165) is 23.7 Å². The first-order valence-electron chi connectivity index (χ1n) is 7.74.